The fourth-order valence-corrected chi connectivity index (χ4v) is 4.44. The van der Waals surface area contributed by atoms with E-state index in [2.05, 4.69) is 12.2 Å². The second kappa shape index (κ2) is 8.75. The Bertz CT molecular complexity index is 588. The van der Waals surface area contributed by atoms with Crippen LogP contribution < -0.4 is 5.32 Å². The number of rotatable bonds is 3. The summed E-state index contributed by atoms with van der Waals surface area (Å²) in [7, 11) is 0. The van der Waals surface area contributed by atoms with E-state index in [9.17, 15) is 4.79 Å². The minimum atomic E-state index is 0. The van der Waals surface area contributed by atoms with E-state index in [-0.39, 0.29) is 24.4 Å². The van der Waals surface area contributed by atoms with E-state index in [1.165, 1.54) is 12.8 Å². The lowest BCUT2D eigenvalue weighted by molar-refractivity contribution is -0.134. The average molecular weight is 392 g/mol. The molecule has 0 bridgehead atoms. The van der Waals surface area contributed by atoms with Gasteiger partial charge in [-0.15, -0.1) is 12.4 Å². The summed E-state index contributed by atoms with van der Waals surface area (Å²) in [5.41, 5.74) is 2.25. The molecule has 3 nitrogen and oxygen atoms in total. The number of amides is 1. The molecule has 24 heavy (non-hydrogen) atoms. The molecule has 0 radical (unpaired) electrons. The maximum Gasteiger partial charge on any atom is 0.223 e. The van der Waals surface area contributed by atoms with E-state index in [0.717, 1.165) is 48.6 Å². The van der Waals surface area contributed by atoms with E-state index in [1.807, 2.05) is 11.0 Å². The number of carbonyl (C=O) groups excluding carboxylic acids is 1. The Hall–Kier alpha value is -0.480. The maximum absolute atomic E-state index is 12.7. The smallest absolute Gasteiger partial charge is 0.223 e. The van der Waals surface area contributed by atoms with Crippen molar-refractivity contribution in [3.8, 4) is 0 Å². The van der Waals surface area contributed by atoms with Crippen LogP contribution in [0, 0.1) is 5.92 Å². The van der Waals surface area contributed by atoms with E-state index >= 15 is 0 Å². The van der Waals surface area contributed by atoms with Crippen LogP contribution in [0.1, 0.15) is 49.8 Å². The summed E-state index contributed by atoms with van der Waals surface area (Å²) >= 11 is 12.5. The minimum absolute atomic E-state index is 0. The van der Waals surface area contributed by atoms with Crippen molar-refractivity contribution in [2.24, 2.45) is 5.92 Å². The number of piperidine rings is 1. The number of fused-ring (bicyclic) bond motifs is 1. The Morgan fingerprint density at radius 2 is 2.00 bits per heavy atom. The van der Waals surface area contributed by atoms with Crippen LogP contribution in [0.15, 0.2) is 12.1 Å². The first kappa shape index (κ1) is 19.8. The van der Waals surface area contributed by atoms with Crippen LogP contribution in [0.25, 0.3) is 0 Å². The highest BCUT2D eigenvalue weighted by Gasteiger charge is 2.29. The normalized spacial score (nSPS) is 21.1. The summed E-state index contributed by atoms with van der Waals surface area (Å²) in [6.45, 7) is 5.00. The molecule has 2 aliphatic rings. The summed E-state index contributed by atoms with van der Waals surface area (Å²) in [6.07, 6.45) is 4.86. The molecule has 1 N–H and O–H groups in total. The van der Waals surface area contributed by atoms with E-state index < -0.39 is 0 Å². The van der Waals surface area contributed by atoms with Gasteiger partial charge in [-0.1, -0.05) is 23.2 Å². The zero-order chi connectivity index (χ0) is 16.4. The molecule has 0 spiro atoms. The van der Waals surface area contributed by atoms with Gasteiger partial charge in [-0.05, 0) is 74.9 Å². The van der Waals surface area contributed by atoms with Crippen LogP contribution in [-0.4, -0.2) is 30.4 Å². The highest BCUT2D eigenvalue weighted by atomic mass is 35.5. The molecule has 1 unspecified atom stereocenters. The topological polar surface area (TPSA) is 32.3 Å². The first-order chi connectivity index (χ1) is 11.1. The van der Waals surface area contributed by atoms with Gasteiger partial charge < -0.3 is 10.2 Å². The fraction of sp³-hybridized carbons (Fsp3) is 0.611. The van der Waals surface area contributed by atoms with Gasteiger partial charge >= 0.3 is 0 Å². The quantitative estimate of drug-likeness (QED) is 0.814. The van der Waals surface area contributed by atoms with Crippen LogP contribution in [0.4, 0.5) is 0 Å². The number of halogens is 3. The van der Waals surface area contributed by atoms with Crippen molar-refractivity contribution in [2.45, 2.75) is 45.1 Å². The van der Waals surface area contributed by atoms with Gasteiger partial charge in [0.25, 0.3) is 0 Å². The van der Waals surface area contributed by atoms with E-state index in [0.29, 0.717) is 17.4 Å². The van der Waals surface area contributed by atoms with Gasteiger partial charge in [0.2, 0.25) is 5.91 Å². The second-order valence-corrected chi connectivity index (χ2v) is 7.54. The lowest BCUT2D eigenvalue weighted by Gasteiger charge is -2.36. The van der Waals surface area contributed by atoms with Crippen molar-refractivity contribution in [2.75, 3.05) is 19.6 Å². The molecule has 1 saturated heterocycles. The lowest BCUT2D eigenvalue weighted by Crippen LogP contribution is -2.39. The molecule has 0 aliphatic carbocycles. The van der Waals surface area contributed by atoms with Crippen molar-refractivity contribution >= 4 is 41.5 Å². The second-order valence-electron chi connectivity index (χ2n) is 6.70. The highest BCUT2D eigenvalue weighted by molar-refractivity contribution is 6.35. The fourth-order valence-electron chi connectivity index (χ4n) is 3.84. The van der Waals surface area contributed by atoms with Gasteiger partial charge in [0, 0.05) is 23.0 Å². The first-order valence-electron chi connectivity index (χ1n) is 8.54. The Balaban J connectivity index is 0.00000208. The van der Waals surface area contributed by atoms with Gasteiger partial charge in [-0.3, -0.25) is 4.79 Å². The lowest BCUT2D eigenvalue weighted by atomic mass is 9.91. The highest BCUT2D eigenvalue weighted by Crippen LogP contribution is 2.36. The van der Waals surface area contributed by atoms with Crippen molar-refractivity contribution in [3.05, 3.63) is 33.3 Å². The summed E-state index contributed by atoms with van der Waals surface area (Å²) in [6, 6.07) is 3.80. The van der Waals surface area contributed by atoms with Gasteiger partial charge in [0.1, 0.15) is 0 Å². The number of nitrogens with zero attached hydrogens (tertiary/aromatic N) is 1. The molecule has 0 saturated carbocycles. The number of nitrogens with one attached hydrogen (secondary N) is 1. The SMILES string of the molecule is CC1c2cc(Cl)cc(Cl)c2CCN1C(=O)CCC1CCNCC1.Cl. The molecule has 134 valence electrons. The zero-order valence-corrected chi connectivity index (χ0v) is 16.3. The average Bonchev–Trinajstić information content (AvgIpc) is 2.54. The number of carbonyl (C=O) groups is 1. The van der Waals surface area contributed by atoms with Crippen molar-refractivity contribution < 1.29 is 4.79 Å². The molecule has 2 heterocycles. The molecule has 2 aliphatic heterocycles. The van der Waals surface area contributed by atoms with Crippen LogP contribution >= 0.6 is 35.6 Å². The molecule has 1 fully saturated rings. The molecule has 0 aromatic heterocycles. The zero-order valence-electron chi connectivity index (χ0n) is 14.0. The Kier molecular flexibility index (Phi) is 7.23. The summed E-state index contributed by atoms with van der Waals surface area (Å²) in [4.78, 5) is 14.7. The first-order valence-corrected chi connectivity index (χ1v) is 9.30. The van der Waals surface area contributed by atoms with Crippen molar-refractivity contribution in [3.63, 3.8) is 0 Å². The van der Waals surface area contributed by atoms with Gasteiger partial charge in [0.15, 0.2) is 0 Å². The molecular weight excluding hydrogens is 367 g/mol. The van der Waals surface area contributed by atoms with Crippen molar-refractivity contribution in [1.82, 2.24) is 10.2 Å². The van der Waals surface area contributed by atoms with Gasteiger partial charge in [0.05, 0.1) is 6.04 Å². The standard InChI is InChI=1S/C18H24Cl2N2O.ClH/c1-12-16-10-14(19)11-17(20)15(16)6-9-22(12)18(23)3-2-13-4-7-21-8-5-13;/h10-13,21H,2-9H2,1H3;1H. The van der Waals surface area contributed by atoms with Crippen LogP contribution in [-0.2, 0) is 11.2 Å². The van der Waals surface area contributed by atoms with Crippen LogP contribution in [0.5, 0.6) is 0 Å². The predicted molar refractivity (Wildman–Crippen MR) is 102 cm³/mol. The van der Waals surface area contributed by atoms with Crippen molar-refractivity contribution in [1.29, 1.82) is 0 Å². The summed E-state index contributed by atoms with van der Waals surface area (Å²) < 4.78 is 0. The molecular formula is C18H25Cl3N2O. The van der Waals surface area contributed by atoms with E-state index in [1.54, 1.807) is 6.07 Å². The van der Waals surface area contributed by atoms with Crippen LogP contribution in [0.2, 0.25) is 10.0 Å². The predicted octanol–water partition coefficient (Wildman–Crippen LogP) is 4.64. The summed E-state index contributed by atoms with van der Waals surface area (Å²) in [5.74, 6) is 0.953. The molecule has 1 amide bonds. The maximum atomic E-state index is 12.7. The molecule has 6 heteroatoms. The third-order valence-corrected chi connectivity index (χ3v) is 5.82. The molecule has 1 aromatic rings. The third-order valence-electron chi connectivity index (χ3n) is 5.26. The monoisotopic (exact) mass is 390 g/mol. The largest absolute Gasteiger partial charge is 0.336 e. The Morgan fingerprint density at radius 3 is 2.71 bits per heavy atom. The van der Waals surface area contributed by atoms with Crippen LogP contribution in [0.3, 0.4) is 0 Å². The van der Waals surface area contributed by atoms with E-state index in [4.69, 9.17) is 23.2 Å². The number of hydrogen-bond acceptors (Lipinski definition) is 2. The Morgan fingerprint density at radius 1 is 1.29 bits per heavy atom. The number of hydrogen-bond donors (Lipinski definition) is 1. The summed E-state index contributed by atoms with van der Waals surface area (Å²) in [5, 5.41) is 4.74. The number of benzene rings is 1. The molecule has 3 rings (SSSR count). The third kappa shape index (κ3) is 4.37. The molecule has 1 aromatic carbocycles. The van der Waals surface area contributed by atoms with Gasteiger partial charge in [-0.2, -0.15) is 0 Å². The minimum Gasteiger partial charge on any atom is -0.336 e. The Labute approximate surface area is 160 Å². The van der Waals surface area contributed by atoms with Gasteiger partial charge in [-0.25, -0.2) is 0 Å². The molecule has 1 atom stereocenters.